The summed E-state index contributed by atoms with van der Waals surface area (Å²) in [5.41, 5.74) is 0. The Bertz CT molecular complexity index is 1320. The first-order valence-corrected chi connectivity index (χ1v) is 35.5. The number of hydrogen-bond acceptors (Lipinski definition) is 6. The van der Waals surface area contributed by atoms with Gasteiger partial charge in [-0.2, -0.15) is 0 Å². The predicted octanol–water partition coefficient (Wildman–Crippen LogP) is 24.3. The van der Waals surface area contributed by atoms with Crippen molar-refractivity contribution in [1.29, 1.82) is 0 Å². The van der Waals surface area contributed by atoms with Gasteiger partial charge in [-0.15, -0.1) is 0 Å². The van der Waals surface area contributed by atoms with Gasteiger partial charge < -0.3 is 14.2 Å². The summed E-state index contributed by atoms with van der Waals surface area (Å²) < 4.78 is 16.9. The van der Waals surface area contributed by atoms with Crippen LogP contribution in [-0.2, 0) is 28.6 Å². The molecule has 464 valence electrons. The van der Waals surface area contributed by atoms with Gasteiger partial charge in [0.15, 0.2) is 6.10 Å². The third-order valence-corrected chi connectivity index (χ3v) is 16.1. The van der Waals surface area contributed by atoms with Crippen molar-refractivity contribution in [2.45, 2.75) is 399 Å². The van der Waals surface area contributed by atoms with E-state index in [-0.39, 0.29) is 31.1 Å². The van der Waals surface area contributed by atoms with E-state index in [9.17, 15) is 14.4 Å². The highest BCUT2D eigenvalue weighted by Gasteiger charge is 2.19. The molecule has 0 spiro atoms. The van der Waals surface area contributed by atoms with Crippen molar-refractivity contribution in [1.82, 2.24) is 0 Å². The first kappa shape index (κ1) is 76.6. The van der Waals surface area contributed by atoms with Crippen molar-refractivity contribution < 1.29 is 28.6 Å². The van der Waals surface area contributed by atoms with Crippen LogP contribution in [0.25, 0.3) is 0 Å². The molecule has 0 aromatic heterocycles. The Morgan fingerprint density at radius 2 is 0.456 bits per heavy atom. The SMILES string of the molecule is CCCCCCC/C=C\C/C=C\C/C=C\CCCCCCCCCCCCCCCCCCCCC(=O)OCC(COC(=O)CCCCCCCCC)OC(=O)CCCCCCCCCCCCCCCCCCCCCCC. The molecule has 1 unspecified atom stereocenters. The lowest BCUT2D eigenvalue weighted by Gasteiger charge is -2.18. The average molecular weight is 1110 g/mol. The third-order valence-electron chi connectivity index (χ3n) is 16.1. The van der Waals surface area contributed by atoms with E-state index in [0.29, 0.717) is 19.3 Å². The van der Waals surface area contributed by atoms with Gasteiger partial charge in [0.05, 0.1) is 0 Å². The van der Waals surface area contributed by atoms with Crippen molar-refractivity contribution in [3.05, 3.63) is 36.5 Å². The van der Waals surface area contributed by atoms with Crippen molar-refractivity contribution in [3.8, 4) is 0 Å². The Balaban J connectivity index is 3.98. The molecule has 0 saturated heterocycles. The zero-order chi connectivity index (χ0) is 57.1. The maximum absolute atomic E-state index is 12.9. The lowest BCUT2D eigenvalue weighted by Crippen LogP contribution is -2.30. The second-order valence-corrected chi connectivity index (χ2v) is 24.2. The van der Waals surface area contributed by atoms with Crippen LogP contribution in [0.3, 0.4) is 0 Å². The Morgan fingerprint density at radius 1 is 0.253 bits per heavy atom. The molecular formula is C73H136O6. The minimum Gasteiger partial charge on any atom is -0.462 e. The molecule has 0 radical (unpaired) electrons. The van der Waals surface area contributed by atoms with Crippen molar-refractivity contribution in [2.24, 2.45) is 0 Å². The van der Waals surface area contributed by atoms with Crippen LogP contribution in [0.15, 0.2) is 36.5 Å². The third kappa shape index (κ3) is 66.3. The normalized spacial score (nSPS) is 12.2. The van der Waals surface area contributed by atoms with Crippen LogP contribution in [0.4, 0.5) is 0 Å². The van der Waals surface area contributed by atoms with Crippen LogP contribution in [0.2, 0.25) is 0 Å². The molecule has 0 heterocycles. The van der Waals surface area contributed by atoms with Crippen LogP contribution in [0, 0.1) is 0 Å². The van der Waals surface area contributed by atoms with E-state index in [1.54, 1.807) is 0 Å². The monoisotopic (exact) mass is 1110 g/mol. The zero-order valence-corrected chi connectivity index (χ0v) is 53.4. The summed E-state index contributed by atoms with van der Waals surface area (Å²) in [7, 11) is 0. The van der Waals surface area contributed by atoms with E-state index in [4.69, 9.17) is 14.2 Å². The van der Waals surface area contributed by atoms with Gasteiger partial charge in [0.25, 0.3) is 0 Å². The summed E-state index contributed by atoms with van der Waals surface area (Å²) >= 11 is 0. The Labute approximate surface area is 493 Å². The molecule has 0 aromatic carbocycles. The van der Waals surface area contributed by atoms with E-state index < -0.39 is 6.10 Å². The molecule has 79 heavy (non-hydrogen) atoms. The fourth-order valence-corrected chi connectivity index (χ4v) is 10.8. The first-order chi connectivity index (χ1) is 39.0. The number of rotatable bonds is 66. The second-order valence-electron chi connectivity index (χ2n) is 24.2. The minimum atomic E-state index is -0.765. The maximum Gasteiger partial charge on any atom is 0.306 e. The van der Waals surface area contributed by atoms with Gasteiger partial charge in [-0.3, -0.25) is 14.4 Å². The number of hydrogen-bond donors (Lipinski definition) is 0. The van der Waals surface area contributed by atoms with Gasteiger partial charge in [0.1, 0.15) is 13.2 Å². The Kier molecular flexibility index (Phi) is 66.1. The van der Waals surface area contributed by atoms with Gasteiger partial charge >= 0.3 is 17.9 Å². The highest BCUT2D eigenvalue weighted by molar-refractivity contribution is 5.71. The largest absolute Gasteiger partial charge is 0.462 e. The highest BCUT2D eigenvalue weighted by Crippen LogP contribution is 2.19. The number of unbranched alkanes of at least 4 members (excludes halogenated alkanes) is 49. The standard InChI is InChI=1S/C73H136O6/c1-4-7-10-13-16-18-20-22-24-26-28-30-31-32-33-34-35-36-37-38-39-40-41-43-44-46-48-50-52-54-57-60-63-66-72(75)78-69-70(68-77-71(74)65-62-59-56-15-12-9-6-3)79-73(76)67-64-61-58-55-53-51-49-47-45-42-29-27-25-23-21-19-17-14-11-8-5-2/h20,22,26,28,31-32,70H,4-19,21,23-25,27,29-30,33-69H2,1-3H3/b22-20-,28-26-,32-31-. The van der Waals surface area contributed by atoms with Crippen molar-refractivity contribution >= 4 is 17.9 Å². The van der Waals surface area contributed by atoms with E-state index in [0.717, 1.165) is 70.6 Å². The summed E-state index contributed by atoms with van der Waals surface area (Å²) in [4.78, 5) is 38.2. The molecule has 0 saturated carbocycles. The molecule has 0 aromatic rings. The lowest BCUT2D eigenvalue weighted by molar-refractivity contribution is -0.167. The smallest absolute Gasteiger partial charge is 0.306 e. The maximum atomic E-state index is 12.9. The predicted molar refractivity (Wildman–Crippen MR) is 344 cm³/mol. The lowest BCUT2D eigenvalue weighted by atomic mass is 10.0. The van der Waals surface area contributed by atoms with Gasteiger partial charge in [-0.05, 0) is 57.8 Å². The molecule has 0 aliphatic heterocycles. The van der Waals surface area contributed by atoms with E-state index in [2.05, 4.69) is 57.2 Å². The van der Waals surface area contributed by atoms with Crippen molar-refractivity contribution in [3.63, 3.8) is 0 Å². The number of esters is 3. The number of carbonyl (C=O) groups is 3. The topological polar surface area (TPSA) is 78.9 Å². The van der Waals surface area contributed by atoms with E-state index >= 15 is 0 Å². The van der Waals surface area contributed by atoms with Crippen LogP contribution in [0.5, 0.6) is 0 Å². The molecular weight excluding hydrogens is 973 g/mol. The van der Waals surface area contributed by atoms with Gasteiger partial charge in [0.2, 0.25) is 0 Å². The summed E-state index contributed by atoms with van der Waals surface area (Å²) in [6.45, 7) is 6.66. The summed E-state index contributed by atoms with van der Waals surface area (Å²) in [5, 5.41) is 0. The van der Waals surface area contributed by atoms with Gasteiger partial charge in [-0.25, -0.2) is 0 Å². The minimum absolute atomic E-state index is 0.0653. The number of ether oxygens (including phenoxy) is 3. The summed E-state index contributed by atoms with van der Waals surface area (Å²) in [5.74, 6) is -0.844. The fourth-order valence-electron chi connectivity index (χ4n) is 10.8. The highest BCUT2D eigenvalue weighted by atomic mass is 16.6. The first-order valence-electron chi connectivity index (χ1n) is 35.5. The molecule has 0 aliphatic carbocycles. The van der Waals surface area contributed by atoms with Crippen LogP contribution in [0.1, 0.15) is 393 Å². The fraction of sp³-hybridized carbons (Fsp3) is 0.877. The molecule has 0 rings (SSSR count). The number of allylic oxidation sites excluding steroid dienone is 6. The zero-order valence-electron chi connectivity index (χ0n) is 53.4. The van der Waals surface area contributed by atoms with Crippen molar-refractivity contribution in [2.75, 3.05) is 13.2 Å². The number of carbonyl (C=O) groups excluding carboxylic acids is 3. The van der Waals surface area contributed by atoms with Gasteiger partial charge in [0, 0.05) is 19.3 Å². The molecule has 6 heteroatoms. The molecule has 0 aliphatic rings. The van der Waals surface area contributed by atoms with E-state index in [1.807, 2.05) is 0 Å². The molecule has 0 fully saturated rings. The molecule has 0 bridgehead atoms. The van der Waals surface area contributed by atoms with E-state index in [1.165, 1.54) is 283 Å². The second kappa shape index (κ2) is 68.1. The molecule has 0 amide bonds. The Hall–Kier alpha value is -2.37. The summed E-state index contributed by atoms with van der Waals surface area (Å²) in [6, 6.07) is 0. The molecule has 1 atom stereocenters. The van der Waals surface area contributed by atoms with Crippen LogP contribution in [-0.4, -0.2) is 37.2 Å². The molecule has 6 nitrogen and oxygen atoms in total. The summed E-state index contributed by atoms with van der Waals surface area (Å²) in [6.07, 6.45) is 85.0. The Morgan fingerprint density at radius 3 is 0.709 bits per heavy atom. The van der Waals surface area contributed by atoms with Crippen LogP contribution >= 0.6 is 0 Å². The van der Waals surface area contributed by atoms with Crippen LogP contribution < -0.4 is 0 Å². The van der Waals surface area contributed by atoms with Gasteiger partial charge in [-0.1, -0.05) is 353 Å². The average Bonchev–Trinajstić information content (AvgIpc) is 3.45. The molecule has 0 N–H and O–H groups in total. The quantitative estimate of drug-likeness (QED) is 0.0261.